The van der Waals surface area contributed by atoms with Crippen LogP contribution in [0, 0.1) is 6.92 Å². The fourth-order valence-corrected chi connectivity index (χ4v) is 1.75. The molecule has 0 aliphatic carbocycles. The van der Waals surface area contributed by atoms with Crippen molar-refractivity contribution >= 4 is 11.7 Å². The summed E-state index contributed by atoms with van der Waals surface area (Å²) in [5.41, 5.74) is 6.10. The van der Waals surface area contributed by atoms with Gasteiger partial charge in [-0.25, -0.2) is 4.98 Å². The zero-order chi connectivity index (χ0) is 15.3. The number of alkyl halides is 3. The Bertz CT molecular complexity index is 491. The van der Waals surface area contributed by atoms with Crippen LogP contribution in [-0.2, 0) is 0 Å². The van der Waals surface area contributed by atoms with Gasteiger partial charge in [0.25, 0.3) is 0 Å². The van der Waals surface area contributed by atoms with E-state index in [2.05, 4.69) is 10.1 Å². The van der Waals surface area contributed by atoms with Gasteiger partial charge in [0.05, 0.1) is 12.2 Å². The number of aromatic nitrogens is 1. The van der Waals surface area contributed by atoms with Crippen LogP contribution in [0.15, 0.2) is 17.4 Å². The average Bonchev–Trinajstić information content (AvgIpc) is 2.35. The SMILES string of the molecule is Cc1ccnc(N(CCO)CC(F)(F)F)c1/C(N)=N/O. The lowest BCUT2D eigenvalue weighted by atomic mass is 10.1. The molecule has 6 nitrogen and oxygen atoms in total. The van der Waals surface area contributed by atoms with Crippen molar-refractivity contribution in [2.45, 2.75) is 13.1 Å². The maximum Gasteiger partial charge on any atom is 0.405 e. The monoisotopic (exact) mass is 292 g/mol. The molecule has 9 heteroatoms. The van der Waals surface area contributed by atoms with Gasteiger partial charge in [-0.2, -0.15) is 13.2 Å². The van der Waals surface area contributed by atoms with Gasteiger partial charge in [-0.15, -0.1) is 0 Å². The van der Waals surface area contributed by atoms with Crippen LogP contribution >= 0.6 is 0 Å². The van der Waals surface area contributed by atoms with E-state index >= 15 is 0 Å². The highest BCUT2D eigenvalue weighted by atomic mass is 19.4. The summed E-state index contributed by atoms with van der Waals surface area (Å²) in [5, 5.41) is 20.4. The predicted octanol–water partition coefficient (Wildman–Crippen LogP) is 0.846. The summed E-state index contributed by atoms with van der Waals surface area (Å²) >= 11 is 0. The first kappa shape index (κ1) is 16.0. The van der Waals surface area contributed by atoms with E-state index in [9.17, 15) is 13.2 Å². The van der Waals surface area contributed by atoms with Gasteiger partial charge in [-0.3, -0.25) is 0 Å². The minimum Gasteiger partial charge on any atom is -0.409 e. The minimum absolute atomic E-state index is 0.0910. The molecular weight excluding hydrogens is 277 g/mol. The van der Waals surface area contributed by atoms with Crippen molar-refractivity contribution in [3.8, 4) is 0 Å². The quantitative estimate of drug-likeness (QED) is 0.323. The van der Waals surface area contributed by atoms with E-state index in [-0.39, 0.29) is 23.8 Å². The van der Waals surface area contributed by atoms with Gasteiger partial charge < -0.3 is 20.9 Å². The van der Waals surface area contributed by atoms with Crippen molar-refractivity contribution in [3.63, 3.8) is 0 Å². The van der Waals surface area contributed by atoms with Gasteiger partial charge in [-0.05, 0) is 18.6 Å². The summed E-state index contributed by atoms with van der Waals surface area (Å²) in [5.74, 6) is -0.428. The molecule has 0 aromatic carbocycles. The number of amidine groups is 1. The van der Waals surface area contributed by atoms with Crippen molar-refractivity contribution < 1.29 is 23.5 Å². The first-order valence-electron chi connectivity index (χ1n) is 5.66. The van der Waals surface area contributed by atoms with Crippen LogP contribution in [0.1, 0.15) is 11.1 Å². The standard InChI is InChI=1S/C11H15F3N4O2/c1-7-2-3-16-10(8(7)9(15)17-20)18(4-5-19)6-11(12,13)14/h2-3,19-20H,4-6H2,1H3,(H2,15,17). The van der Waals surface area contributed by atoms with Gasteiger partial charge in [0.1, 0.15) is 12.4 Å². The second kappa shape index (κ2) is 6.42. The summed E-state index contributed by atoms with van der Waals surface area (Å²) < 4.78 is 37.7. The summed E-state index contributed by atoms with van der Waals surface area (Å²) in [7, 11) is 0. The largest absolute Gasteiger partial charge is 0.409 e. The molecule has 0 fully saturated rings. The Morgan fingerprint density at radius 2 is 2.15 bits per heavy atom. The molecule has 0 saturated heterocycles. The van der Waals surface area contributed by atoms with E-state index in [1.54, 1.807) is 6.92 Å². The Balaban J connectivity index is 3.29. The third-order valence-electron chi connectivity index (χ3n) is 2.54. The Hall–Kier alpha value is -2.03. The van der Waals surface area contributed by atoms with E-state index in [0.29, 0.717) is 5.56 Å². The summed E-state index contributed by atoms with van der Waals surface area (Å²) in [4.78, 5) is 4.69. The lowest BCUT2D eigenvalue weighted by Gasteiger charge is -2.26. The average molecular weight is 292 g/mol. The van der Waals surface area contributed by atoms with Crippen molar-refractivity contribution in [2.24, 2.45) is 10.9 Å². The Morgan fingerprint density at radius 3 is 2.65 bits per heavy atom. The minimum atomic E-state index is -4.47. The van der Waals surface area contributed by atoms with Crippen LogP contribution in [0.2, 0.25) is 0 Å². The molecule has 1 aromatic rings. The smallest absolute Gasteiger partial charge is 0.405 e. The van der Waals surface area contributed by atoms with E-state index in [0.717, 1.165) is 4.90 Å². The predicted molar refractivity (Wildman–Crippen MR) is 66.8 cm³/mol. The Kier molecular flexibility index (Phi) is 5.14. The third kappa shape index (κ3) is 3.98. The summed E-state index contributed by atoms with van der Waals surface area (Å²) in [6.07, 6.45) is -3.15. The van der Waals surface area contributed by atoms with Crippen molar-refractivity contribution in [1.29, 1.82) is 0 Å². The molecule has 4 N–H and O–H groups in total. The fraction of sp³-hybridized carbons (Fsp3) is 0.455. The molecule has 0 spiro atoms. The summed E-state index contributed by atoms with van der Waals surface area (Å²) in [6, 6.07) is 1.53. The molecule has 20 heavy (non-hydrogen) atoms. The zero-order valence-electron chi connectivity index (χ0n) is 10.7. The molecule has 0 radical (unpaired) electrons. The second-order valence-electron chi connectivity index (χ2n) is 4.07. The molecule has 1 aromatic heterocycles. The van der Waals surface area contributed by atoms with Crippen molar-refractivity contribution in [1.82, 2.24) is 4.98 Å². The van der Waals surface area contributed by atoms with E-state index in [1.807, 2.05) is 0 Å². The van der Waals surface area contributed by atoms with Gasteiger partial charge in [-0.1, -0.05) is 5.16 Å². The Labute approximate surface area is 113 Å². The summed E-state index contributed by atoms with van der Waals surface area (Å²) in [6.45, 7) is -0.456. The highest BCUT2D eigenvalue weighted by Gasteiger charge is 2.32. The number of nitrogens with zero attached hydrogens (tertiary/aromatic N) is 3. The molecule has 1 heterocycles. The molecule has 0 aliphatic rings. The van der Waals surface area contributed by atoms with Gasteiger partial charge in [0, 0.05) is 12.7 Å². The lowest BCUT2D eigenvalue weighted by Crippen LogP contribution is -2.38. The van der Waals surface area contributed by atoms with Crippen LogP contribution in [0.3, 0.4) is 0 Å². The lowest BCUT2D eigenvalue weighted by molar-refractivity contribution is -0.120. The van der Waals surface area contributed by atoms with Gasteiger partial charge >= 0.3 is 6.18 Å². The van der Waals surface area contributed by atoms with Crippen LogP contribution in [-0.4, -0.2) is 47.0 Å². The number of anilines is 1. The first-order valence-corrected chi connectivity index (χ1v) is 5.66. The van der Waals surface area contributed by atoms with E-state index in [1.165, 1.54) is 12.3 Å². The van der Waals surface area contributed by atoms with Crippen LogP contribution in [0.4, 0.5) is 19.0 Å². The highest BCUT2D eigenvalue weighted by molar-refractivity contribution is 6.02. The molecule has 0 atom stereocenters. The number of aliphatic hydroxyl groups is 1. The molecule has 0 amide bonds. The molecule has 0 unspecified atom stereocenters. The molecule has 112 valence electrons. The number of aryl methyl sites for hydroxylation is 1. The maximum atomic E-state index is 12.6. The number of aliphatic hydroxyl groups excluding tert-OH is 1. The first-order chi connectivity index (χ1) is 9.30. The third-order valence-corrected chi connectivity index (χ3v) is 2.54. The normalized spacial score (nSPS) is 12.6. The fourth-order valence-electron chi connectivity index (χ4n) is 1.75. The molecule has 0 aliphatic heterocycles. The molecule has 1 rings (SSSR count). The number of halogens is 3. The molecule has 0 saturated carbocycles. The number of rotatable bonds is 5. The molecular formula is C11H15F3N4O2. The number of hydrogen-bond donors (Lipinski definition) is 3. The highest BCUT2D eigenvalue weighted by Crippen LogP contribution is 2.25. The van der Waals surface area contributed by atoms with Crippen molar-refractivity contribution in [3.05, 3.63) is 23.4 Å². The number of nitrogens with two attached hydrogens (primary N) is 1. The second-order valence-corrected chi connectivity index (χ2v) is 4.07. The van der Waals surface area contributed by atoms with Crippen LogP contribution in [0.5, 0.6) is 0 Å². The molecule has 0 bridgehead atoms. The van der Waals surface area contributed by atoms with E-state index < -0.39 is 19.3 Å². The maximum absolute atomic E-state index is 12.6. The Morgan fingerprint density at radius 1 is 1.50 bits per heavy atom. The van der Waals surface area contributed by atoms with Crippen LogP contribution in [0.25, 0.3) is 0 Å². The number of oxime groups is 1. The van der Waals surface area contributed by atoms with Crippen molar-refractivity contribution in [2.75, 3.05) is 24.6 Å². The van der Waals surface area contributed by atoms with Gasteiger partial charge in [0.15, 0.2) is 5.84 Å². The number of pyridine rings is 1. The topological polar surface area (TPSA) is 95.0 Å². The van der Waals surface area contributed by atoms with Gasteiger partial charge in [0.2, 0.25) is 0 Å². The number of hydrogen-bond acceptors (Lipinski definition) is 5. The zero-order valence-corrected chi connectivity index (χ0v) is 10.7. The van der Waals surface area contributed by atoms with E-state index in [4.69, 9.17) is 16.0 Å². The van der Waals surface area contributed by atoms with Crippen LogP contribution < -0.4 is 10.6 Å².